The molecule has 0 bridgehead atoms. The normalized spacial score (nSPS) is 10.3. The molecule has 0 fully saturated rings. The largest absolute Gasteiger partial charge is 0.452 e. The first kappa shape index (κ1) is 17.0. The molecule has 4 nitrogen and oxygen atoms in total. The highest BCUT2D eigenvalue weighted by Crippen LogP contribution is 2.19. The lowest BCUT2D eigenvalue weighted by molar-refractivity contribution is -0.119. The molecule has 1 N–H and O–H groups in total. The molecule has 1 amide bonds. The predicted octanol–water partition coefficient (Wildman–Crippen LogP) is 3.89. The summed E-state index contributed by atoms with van der Waals surface area (Å²) in [7, 11) is 0. The SMILES string of the molecule is Cc1cccc(NC(=O)COC(=O)c2cc(F)ccc2Cl)c1C. The van der Waals surface area contributed by atoms with Gasteiger partial charge in [0.1, 0.15) is 5.82 Å². The first-order chi connectivity index (χ1) is 10.9. The summed E-state index contributed by atoms with van der Waals surface area (Å²) in [6.07, 6.45) is 0. The van der Waals surface area contributed by atoms with E-state index in [-0.39, 0.29) is 10.6 Å². The number of nitrogens with one attached hydrogen (secondary N) is 1. The van der Waals surface area contributed by atoms with Gasteiger partial charge in [-0.1, -0.05) is 23.7 Å². The summed E-state index contributed by atoms with van der Waals surface area (Å²) < 4.78 is 18.0. The van der Waals surface area contributed by atoms with E-state index in [0.717, 1.165) is 23.3 Å². The second kappa shape index (κ2) is 7.24. The van der Waals surface area contributed by atoms with Gasteiger partial charge < -0.3 is 10.1 Å². The molecule has 0 atom stereocenters. The highest BCUT2D eigenvalue weighted by atomic mass is 35.5. The number of hydrogen-bond donors (Lipinski definition) is 1. The third-order valence-electron chi connectivity index (χ3n) is 3.36. The summed E-state index contributed by atoms with van der Waals surface area (Å²) in [6.45, 7) is 3.32. The number of rotatable bonds is 4. The van der Waals surface area contributed by atoms with Crippen LogP contribution in [0.2, 0.25) is 5.02 Å². The van der Waals surface area contributed by atoms with Crippen molar-refractivity contribution < 1.29 is 18.7 Å². The third kappa shape index (κ3) is 4.29. The molecule has 2 rings (SSSR count). The Balaban J connectivity index is 1.98. The zero-order valence-corrected chi connectivity index (χ0v) is 13.4. The maximum atomic E-state index is 13.1. The summed E-state index contributed by atoms with van der Waals surface area (Å²) in [5.74, 6) is -1.95. The Morgan fingerprint density at radius 1 is 1.22 bits per heavy atom. The fourth-order valence-electron chi connectivity index (χ4n) is 1.94. The Hall–Kier alpha value is -2.40. The molecule has 2 aromatic carbocycles. The number of hydrogen-bond acceptors (Lipinski definition) is 3. The fraction of sp³-hybridized carbons (Fsp3) is 0.176. The molecule has 0 spiro atoms. The molecule has 0 aliphatic rings. The number of ether oxygens (including phenoxy) is 1. The van der Waals surface area contributed by atoms with Gasteiger partial charge in [0.25, 0.3) is 5.91 Å². The number of aryl methyl sites for hydroxylation is 1. The Morgan fingerprint density at radius 2 is 1.96 bits per heavy atom. The van der Waals surface area contributed by atoms with Gasteiger partial charge in [0.15, 0.2) is 6.61 Å². The van der Waals surface area contributed by atoms with Crippen molar-refractivity contribution in [3.63, 3.8) is 0 Å². The Labute approximate surface area is 138 Å². The van der Waals surface area contributed by atoms with E-state index in [1.165, 1.54) is 6.07 Å². The third-order valence-corrected chi connectivity index (χ3v) is 3.69. The molecule has 0 heterocycles. The molecule has 0 saturated heterocycles. The lowest BCUT2D eigenvalue weighted by atomic mass is 10.1. The fourth-order valence-corrected chi connectivity index (χ4v) is 2.13. The first-order valence-corrected chi connectivity index (χ1v) is 7.24. The Morgan fingerprint density at radius 3 is 2.70 bits per heavy atom. The zero-order chi connectivity index (χ0) is 17.0. The van der Waals surface area contributed by atoms with E-state index >= 15 is 0 Å². The van der Waals surface area contributed by atoms with E-state index in [2.05, 4.69) is 5.32 Å². The zero-order valence-electron chi connectivity index (χ0n) is 12.7. The minimum absolute atomic E-state index is 0.0614. The predicted molar refractivity (Wildman–Crippen MR) is 86.2 cm³/mol. The van der Waals surface area contributed by atoms with Crippen molar-refractivity contribution >= 4 is 29.2 Å². The minimum atomic E-state index is -0.856. The van der Waals surface area contributed by atoms with Crippen molar-refractivity contribution in [1.82, 2.24) is 0 Å². The summed E-state index contributed by atoms with van der Waals surface area (Å²) >= 11 is 5.81. The van der Waals surface area contributed by atoms with Crippen molar-refractivity contribution in [2.24, 2.45) is 0 Å². The quantitative estimate of drug-likeness (QED) is 0.862. The number of benzene rings is 2. The summed E-state index contributed by atoms with van der Waals surface area (Å²) in [5, 5.41) is 2.72. The van der Waals surface area contributed by atoms with E-state index in [4.69, 9.17) is 16.3 Å². The van der Waals surface area contributed by atoms with Gasteiger partial charge in [-0.25, -0.2) is 9.18 Å². The Bertz CT molecular complexity index is 761. The highest BCUT2D eigenvalue weighted by Gasteiger charge is 2.15. The van der Waals surface area contributed by atoms with Crippen LogP contribution in [0.4, 0.5) is 10.1 Å². The van der Waals surface area contributed by atoms with Crippen LogP contribution < -0.4 is 5.32 Å². The van der Waals surface area contributed by atoms with Gasteiger partial charge >= 0.3 is 5.97 Å². The van der Waals surface area contributed by atoms with Crippen molar-refractivity contribution in [1.29, 1.82) is 0 Å². The van der Waals surface area contributed by atoms with Crippen LogP contribution in [-0.4, -0.2) is 18.5 Å². The van der Waals surface area contributed by atoms with E-state index < -0.39 is 24.3 Å². The van der Waals surface area contributed by atoms with Crippen LogP contribution in [0.5, 0.6) is 0 Å². The summed E-state index contributed by atoms with van der Waals surface area (Å²) in [6, 6.07) is 8.85. The van der Waals surface area contributed by atoms with Crippen molar-refractivity contribution in [3.8, 4) is 0 Å². The lowest BCUT2D eigenvalue weighted by Gasteiger charge is -2.11. The van der Waals surface area contributed by atoms with Crippen molar-refractivity contribution in [2.45, 2.75) is 13.8 Å². The van der Waals surface area contributed by atoms with Crippen molar-refractivity contribution in [2.75, 3.05) is 11.9 Å². The van der Waals surface area contributed by atoms with Crippen LogP contribution in [0, 0.1) is 19.7 Å². The molecule has 0 aromatic heterocycles. The number of halogens is 2. The molecule has 0 aliphatic heterocycles. The topological polar surface area (TPSA) is 55.4 Å². The number of esters is 1. The minimum Gasteiger partial charge on any atom is -0.452 e. The van der Waals surface area contributed by atoms with E-state index in [1.54, 1.807) is 6.07 Å². The van der Waals surface area contributed by atoms with E-state index in [9.17, 15) is 14.0 Å². The number of carbonyl (C=O) groups is 2. The van der Waals surface area contributed by atoms with E-state index in [1.807, 2.05) is 26.0 Å². The molecule has 0 saturated carbocycles. The Kier molecular flexibility index (Phi) is 5.34. The van der Waals surface area contributed by atoms with E-state index in [0.29, 0.717) is 5.69 Å². The average Bonchev–Trinajstić information content (AvgIpc) is 2.52. The standard InChI is InChI=1S/C17H15ClFNO3/c1-10-4-3-5-15(11(10)2)20-16(21)9-23-17(22)13-8-12(19)6-7-14(13)18/h3-8H,9H2,1-2H3,(H,20,21). The van der Waals surface area contributed by atoms with Gasteiger partial charge in [-0.2, -0.15) is 0 Å². The molecule has 23 heavy (non-hydrogen) atoms. The lowest BCUT2D eigenvalue weighted by Crippen LogP contribution is -2.21. The van der Waals surface area contributed by atoms with Crippen LogP contribution >= 0.6 is 11.6 Å². The molecule has 120 valence electrons. The maximum absolute atomic E-state index is 13.1. The van der Waals surface area contributed by atoms with Gasteiger partial charge in [0.2, 0.25) is 0 Å². The van der Waals surface area contributed by atoms with Crippen molar-refractivity contribution in [3.05, 3.63) is 63.9 Å². The maximum Gasteiger partial charge on any atom is 0.340 e. The smallest absolute Gasteiger partial charge is 0.340 e. The van der Waals surface area contributed by atoms with Gasteiger partial charge in [-0.15, -0.1) is 0 Å². The van der Waals surface area contributed by atoms with Crippen LogP contribution in [0.15, 0.2) is 36.4 Å². The molecular formula is C17H15ClFNO3. The average molecular weight is 336 g/mol. The van der Waals surface area contributed by atoms with Crippen LogP contribution in [0.3, 0.4) is 0 Å². The van der Waals surface area contributed by atoms with Gasteiger partial charge in [-0.3, -0.25) is 4.79 Å². The van der Waals surface area contributed by atoms with Gasteiger partial charge in [0.05, 0.1) is 10.6 Å². The van der Waals surface area contributed by atoms with Gasteiger partial charge in [-0.05, 0) is 49.2 Å². The second-order valence-corrected chi connectivity index (χ2v) is 5.40. The highest BCUT2D eigenvalue weighted by molar-refractivity contribution is 6.33. The molecule has 2 aromatic rings. The number of carbonyl (C=O) groups excluding carboxylic acids is 2. The molecule has 0 radical (unpaired) electrons. The van der Waals surface area contributed by atoms with Crippen LogP contribution in [-0.2, 0) is 9.53 Å². The molecule has 0 aliphatic carbocycles. The number of amides is 1. The van der Waals surface area contributed by atoms with Crippen LogP contribution in [0.1, 0.15) is 21.5 Å². The van der Waals surface area contributed by atoms with Gasteiger partial charge in [0, 0.05) is 5.69 Å². The molecule has 6 heteroatoms. The molecule has 0 unspecified atom stereocenters. The monoisotopic (exact) mass is 335 g/mol. The molecular weight excluding hydrogens is 321 g/mol. The second-order valence-electron chi connectivity index (χ2n) is 5.00. The summed E-state index contributed by atoms with van der Waals surface area (Å²) in [4.78, 5) is 23.7. The van der Waals surface area contributed by atoms with Crippen LogP contribution in [0.25, 0.3) is 0 Å². The number of anilines is 1. The first-order valence-electron chi connectivity index (χ1n) is 6.86. The summed E-state index contributed by atoms with van der Waals surface area (Å²) in [5.41, 5.74) is 2.49.